The van der Waals surface area contributed by atoms with Gasteiger partial charge in [-0.25, -0.2) is 4.98 Å². The highest BCUT2D eigenvalue weighted by molar-refractivity contribution is 6.30. The molecule has 0 aliphatic carbocycles. The van der Waals surface area contributed by atoms with E-state index >= 15 is 0 Å². The van der Waals surface area contributed by atoms with E-state index in [9.17, 15) is 4.79 Å². The summed E-state index contributed by atoms with van der Waals surface area (Å²) in [5.41, 5.74) is 1.89. The maximum absolute atomic E-state index is 12.5. The number of hydrogen-bond donors (Lipinski definition) is 1. The highest BCUT2D eigenvalue weighted by atomic mass is 35.5. The van der Waals surface area contributed by atoms with Crippen molar-refractivity contribution in [2.24, 2.45) is 0 Å². The lowest BCUT2D eigenvalue weighted by molar-refractivity contribution is 0.849. The van der Waals surface area contributed by atoms with Gasteiger partial charge in [-0.1, -0.05) is 41.9 Å². The van der Waals surface area contributed by atoms with Crippen LogP contribution in [0, 0.1) is 0 Å². The summed E-state index contributed by atoms with van der Waals surface area (Å²) in [5, 5.41) is 3.77. The molecule has 3 rings (SSSR count). The Morgan fingerprint density at radius 1 is 1.04 bits per heavy atom. The molecular weight excluding hydrogens is 322 g/mol. The molecule has 1 heterocycles. The minimum atomic E-state index is -0.167. The van der Waals surface area contributed by atoms with Crippen molar-refractivity contribution in [2.45, 2.75) is 12.8 Å². The molecule has 4 nitrogen and oxygen atoms in total. The van der Waals surface area contributed by atoms with Gasteiger partial charge in [0.25, 0.3) is 5.56 Å². The minimum Gasteiger partial charge on any atom is -0.365 e. The molecule has 5 heteroatoms. The summed E-state index contributed by atoms with van der Waals surface area (Å²) < 4.78 is 1.56. The fraction of sp³-hybridized carbons (Fsp3) is 0.158. The SMILES string of the molecule is O=c1c(NCCCc2ccccc2)nccn1-c1ccc(Cl)cc1. The summed E-state index contributed by atoms with van der Waals surface area (Å²) in [6.45, 7) is 0.696. The van der Waals surface area contributed by atoms with E-state index in [1.54, 1.807) is 29.1 Å². The third-order valence-electron chi connectivity index (χ3n) is 3.72. The molecule has 0 spiro atoms. The van der Waals surface area contributed by atoms with Crippen molar-refractivity contribution < 1.29 is 0 Å². The lowest BCUT2D eigenvalue weighted by Crippen LogP contribution is -2.23. The summed E-state index contributed by atoms with van der Waals surface area (Å²) in [7, 11) is 0. The van der Waals surface area contributed by atoms with E-state index in [0.29, 0.717) is 17.4 Å². The first-order chi connectivity index (χ1) is 11.7. The molecule has 0 atom stereocenters. The molecule has 1 aromatic heterocycles. The third kappa shape index (κ3) is 4.03. The van der Waals surface area contributed by atoms with E-state index < -0.39 is 0 Å². The lowest BCUT2D eigenvalue weighted by Gasteiger charge is -2.09. The minimum absolute atomic E-state index is 0.167. The van der Waals surface area contributed by atoms with E-state index in [-0.39, 0.29) is 5.56 Å². The molecule has 0 amide bonds. The Hall–Kier alpha value is -2.59. The molecule has 0 saturated heterocycles. The zero-order valence-electron chi connectivity index (χ0n) is 13.2. The highest BCUT2D eigenvalue weighted by Crippen LogP contribution is 2.12. The average Bonchev–Trinajstić information content (AvgIpc) is 2.62. The van der Waals surface area contributed by atoms with Crippen LogP contribution in [-0.4, -0.2) is 16.1 Å². The predicted octanol–water partition coefficient (Wildman–Crippen LogP) is 3.93. The van der Waals surface area contributed by atoms with Crippen molar-refractivity contribution in [1.29, 1.82) is 0 Å². The molecule has 0 unspecified atom stereocenters. The lowest BCUT2D eigenvalue weighted by atomic mass is 10.1. The molecule has 122 valence electrons. The van der Waals surface area contributed by atoms with Crippen LogP contribution in [0.2, 0.25) is 5.02 Å². The first kappa shape index (κ1) is 16.3. The molecule has 24 heavy (non-hydrogen) atoms. The molecular formula is C19H18ClN3O. The Kier molecular flexibility index (Phi) is 5.29. The van der Waals surface area contributed by atoms with Crippen LogP contribution >= 0.6 is 11.6 Å². The van der Waals surface area contributed by atoms with E-state index in [4.69, 9.17) is 11.6 Å². The van der Waals surface area contributed by atoms with Crippen LogP contribution < -0.4 is 10.9 Å². The van der Waals surface area contributed by atoms with Gasteiger partial charge in [-0.2, -0.15) is 0 Å². The summed E-state index contributed by atoms with van der Waals surface area (Å²) in [5.74, 6) is 0.362. The van der Waals surface area contributed by atoms with Crippen LogP contribution in [0.5, 0.6) is 0 Å². The van der Waals surface area contributed by atoms with Gasteiger partial charge in [-0.05, 0) is 42.7 Å². The average molecular weight is 340 g/mol. The van der Waals surface area contributed by atoms with E-state index in [0.717, 1.165) is 18.5 Å². The summed E-state index contributed by atoms with van der Waals surface area (Å²) >= 11 is 5.89. The van der Waals surface area contributed by atoms with Crippen molar-refractivity contribution in [1.82, 2.24) is 9.55 Å². The van der Waals surface area contributed by atoms with E-state index in [1.807, 2.05) is 30.3 Å². The van der Waals surface area contributed by atoms with Gasteiger partial charge < -0.3 is 5.32 Å². The van der Waals surface area contributed by atoms with Crippen LogP contribution in [0.4, 0.5) is 5.82 Å². The maximum atomic E-state index is 12.5. The monoisotopic (exact) mass is 339 g/mol. The Bertz CT molecular complexity index is 844. The molecule has 0 aliphatic rings. The number of nitrogens with zero attached hydrogens (tertiary/aromatic N) is 2. The second kappa shape index (κ2) is 7.79. The molecule has 0 fully saturated rings. The number of hydrogen-bond acceptors (Lipinski definition) is 3. The summed E-state index contributed by atoms with van der Waals surface area (Å²) in [6.07, 6.45) is 5.17. The van der Waals surface area contributed by atoms with Crippen LogP contribution in [0.15, 0.2) is 71.8 Å². The predicted molar refractivity (Wildman–Crippen MR) is 98.1 cm³/mol. The number of aromatic nitrogens is 2. The fourth-order valence-electron chi connectivity index (χ4n) is 2.48. The normalized spacial score (nSPS) is 10.5. The standard InChI is InChI=1S/C19H18ClN3O/c20-16-8-10-17(11-9-16)23-14-13-22-18(19(23)24)21-12-4-7-15-5-2-1-3-6-15/h1-3,5-6,8-11,13-14H,4,7,12H2,(H,21,22). The van der Waals surface area contributed by atoms with Gasteiger partial charge in [0.05, 0.1) is 0 Å². The Labute approximate surface area is 145 Å². The molecule has 0 bridgehead atoms. The zero-order chi connectivity index (χ0) is 16.8. The second-order valence-corrected chi connectivity index (χ2v) is 5.88. The smallest absolute Gasteiger partial charge is 0.297 e. The third-order valence-corrected chi connectivity index (χ3v) is 3.98. The van der Waals surface area contributed by atoms with Crippen LogP contribution in [0.3, 0.4) is 0 Å². The molecule has 3 aromatic rings. The number of aryl methyl sites for hydroxylation is 1. The topological polar surface area (TPSA) is 46.9 Å². The Balaban J connectivity index is 1.65. The van der Waals surface area contributed by atoms with Crippen molar-refractivity contribution >= 4 is 17.4 Å². The van der Waals surface area contributed by atoms with Crippen molar-refractivity contribution in [3.05, 3.63) is 87.9 Å². The molecule has 2 aromatic carbocycles. The Morgan fingerprint density at radius 2 is 1.79 bits per heavy atom. The van der Waals surface area contributed by atoms with Crippen LogP contribution in [0.1, 0.15) is 12.0 Å². The van der Waals surface area contributed by atoms with Gasteiger partial charge in [-0.15, -0.1) is 0 Å². The zero-order valence-corrected chi connectivity index (χ0v) is 13.9. The van der Waals surface area contributed by atoms with Gasteiger partial charge in [0.1, 0.15) is 0 Å². The number of anilines is 1. The maximum Gasteiger partial charge on any atom is 0.297 e. The number of benzene rings is 2. The number of halogens is 1. The highest BCUT2D eigenvalue weighted by Gasteiger charge is 2.06. The number of nitrogens with one attached hydrogen (secondary N) is 1. The summed E-state index contributed by atoms with van der Waals surface area (Å²) in [6, 6.07) is 17.4. The number of rotatable bonds is 6. The Morgan fingerprint density at radius 3 is 2.54 bits per heavy atom. The first-order valence-electron chi connectivity index (χ1n) is 7.85. The van der Waals surface area contributed by atoms with Gasteiger partial charge in [0.15, 0.2) is 5.82 Å². The van der Waals surface area contributed by atoms with Crippen molar-refractivity contribution in [3.63, 3.8) is 0 Å². The van der Waals surface area contributed by atoms with Crippen LogP contribution in [0.25, 0.3) is 5.69 Å². The van der Waals surface area contributed by atoms with Crippen molar-refractivity contribution in [2.75, 3.05) is 11.9 Å². The van der Waals surface area contributed by atoms with E-state index in [1.165, 1.54) is 5.56 Å². The first-order valence-corrected chi connectivity index (χ1v) is 8.23. The van der Waals surface area contributed by atoms with E-state index in [2.05, 4.69) is 22.4 Å². The van der Waals surface area contributed by atoms with Gasteiger partial charge in [0.2, 0.25) is 0 Å². The summed E-state index contributed by atoms with van der Waals surface area (Å²) in [4.78, 5) is 16.7. The van der Waals surface area contributed by atoms with Gasteiger partial charge in [-0.3, -0.25) is 9.36 Å². The fourth-order valence-corrected chi connectivity index (χ4v) is 2.61. The van der Waals surface area contributed by atoms with Crippen molar-refractivity contribution in [3.8, 4) is 5.69 Å². The molecule has 0 radical (unpaired) electrons. The van der Waals surface area contributed by atoms with Gasteiger partial charge >= 0.3 is 0 Å². The molecule has 0 saturated carbocycles. The second-order valence-electron chi connectivity index (χ2n) is 5.44. The largest absolute Gasteiger partial charge is 0.365 e. The molecule has 1 N–H and O–H groups in total. The van der Waals surface area contributed by atoms with Gasteiger partial charge in [0, 0.05) is 29.6 Å². The van der Waals surface area contributed by atoms with Crippen LogP contribution in [-0.2, 0) is 6.42 Å². The molecule has 0 aliphatic heterocycles. The quantitative estimate of drug-likeness (QED) is 0.692.